The molecule has 0 saturated heterocycles. The first-order chi connectivity index (χ1) is 7.56. The number of anilines is 1. The Bertz CT molecular complexity index is 421. The topological polar surface area (TPSA) is 50.4 Å². The molecule has 86 valence electrons. The van der Waals surface area contributed by atoms with Crippen molar-refractivity contribution in [3.05, 3.63) is 28.0 Å². The summed E-state index contributed by atoms with van der Waals surface area (Å²) < 4.78 is 12.9. The van der Waals surface area contributed by atoms with Crippen molar-refractivity contribution in [2.45, 2.75) is 18.9 Å². The summed E-state index contributed by atoms with van der Waals surface area (Å²) in [6.07, 6.45) is 2.10. The predicted octanol–water partition coefficient (Wildman–Crippen LogP) is 3.02. The maximum Gasteiger partial charge on any atom is 0.193 e. The van der Waals surface area contributed by atoms with E-state index in [1.165, 1.54) is 12.1 Å². The molecule has 1 aromatic rings. The highest BCUT2D eigenvalue weighted by Crippen LogP contribution is 2.31. The van der Waals surface area contributed by atoms with E-state index in [9.17, 15) is 4.39 Å². The second-order valence-corrected chi connectivity index (χ2v) is 4.43. The highest BCUT2D eigenvalue weighted by molar-refractivity contribution is 6.39. The lowest BCUT2D eigenvalue weighted by Gasteiger charge is -2.09. The Balaban J connectivity index is 2.20. The molecule has 1 fully saturated rings. The Morgan fingerprint density at radius 2 is 1.94 bits per heavy atom. The highest BCUT2D eigenvalue weighted by atomic mass is 35.5. The van der Waals surface area contributed by atoms with Gasteiger partial charge >= 0.3 is 0 Å². The first-order valence-electron chi connectivity index (χ1n) is 4.81. The zero-order chi connectivity index (χ0) is 11.7. The van der Waals surface area contributed by atoms with E-state index in [1.54, 1.807) is 0 Å². The molecule has 0 unspecified atom stereocenters. The SMILES string of the molecule is NC(=NC1CC1)Nc1c(Cl)cc(F)cc1Cl. The molecule has 0 heterocycles. The van der Waals surface area contributed by atoms with Gasteiger partial charge in [0.05, 0.1) is 21.8 Å². The van der Waals surface area contributed by atoms with Crippen LogP contribution >= 0.6 is 23.2 Å². The molecule has 0 spiro atoms. The number of hydrogen-bond acceptors (Lipinski definition) is 1. The van der Waals surface area contributed by atoms with Crippen LogP contribution in [-0.2, 0) is 0 Å². The van der Waals surface area contributed by atoms with Gasteiger partial charge in [-0.2, -0.15) is 0 Å². The van der Waals surface area contributed by atoms with Crippen LogP contribution in [0.25, 0.3) is 0 Å². The van der Waals surface area contributed by atoms with Crippen molar-refractivity contribution in [2.24, 2.45) is 10.7 Å². The van der Waals surface area contributed by atoms with Crippen molar-refractivity contribution >= 4 is 34.8 Å². The molecule has 1 aromatic carbocycles. The van der Waals surface area contributed by atoms with Crippen LogP contribution in [0.1, 0.15) is 12.8 Å². The first-order valence-corrected chi connectivity index (χ1v) is 5.56. The molecule has 0 amide bonds. The Morgan fingerprint density at radius 3 is 2.44 bits per heavy atom. The minimum atomic E-state index is -0.488. The number of hydrogen-bond donors (Lipinski definition) is 2. The number of guanidine groups is 1. The molecule has 3 N–H and O–H groups in total. The van der Waals surface area contributed by atoms with E-state index in [0.717, 1.165) is 12.8 Å². The minimum Gasteiger partial charge on any atom is -0.370 e. The van der Waals surface area contributed by atoms with Crippen molar-refractivity contribution in [1.29, 1.82) is 0 Å². The molecule has 1 aliphatic rings. The van der Waals surface area contributed by atoms with Crippen LogP contribution < -0.4 is 11.1 Å². The van der Waals surface area contributed by atoms with E-state index in [0.29, 0.717) is 11.7 Å². The Hall–Kier alpha value is -1.00. The zero-order valence-electron chi connectivity index (χ0n) is 8.30. The normalized spacial score (nSPS) is 16.3. The maximum absolute atomic E-state index is 12.9. The third-order valence-corrected chi connectivity index (χ3v) is 2.72. The van der Waals surface area contributed by atoms with E-state index in [1.807, 2.05) is 0 Å². The van der Waals surface area contributed by atoms with Crippen molar-refractivity contribution < 1.29 is 4.39 Å². The molecule has 0 aromatic heterocycles. The predicted molar refractivity (Wildman–Crippen MR) is 64.7 cm³/mol. The third kappa shape index (κ3) is 2.77. The Labute approximate surface area is 102 Å². The molecule has 0 bridgehead atoms. The van der Waals surface area contributed by atoms with Crippen molar-refractivity contribution in [2.75, 3.05) is 5.32 Å². The minimum absolute atomic E-state index is 0.180. The van der Waals surface area contributed by atoms with Gasteiger partial charge in [-0.05, 0) is 25.0 Å². The van der Waals surface area contributed by atoms with Gasteiger partial charge in [-0.1, -0.05) is 23.2 Å². The first kappa shape index (κ1) is 11.5. The van der Waals surface area contributed by atoms with E-state index in [-0.39, 0.29) is 16.0 Å². The average molecular weight is 262 g/mol. The summed E-state index contributed by atoms with van der Waals surface area (Å²) in [5.74, 6) is -0.240. The molecule has 0 atom stereocenters. The summed E-state index contributed by atoms with van der Waals surface area (Å²) in [4.78, 5) is 4.16. The number of halogens is 3. The molecule has 3 nitrogen and oxygen atoms in total. The van der Waals surface area contributed by atoms with Gasteiger partial charge in [-0.25, -0.2) is 9.38 Å². The Morgan fingerprint density at radius 1 is 1.38 bits per heavy atom. The van der Waals surface area contributed by atoms with Gasteiger partial charge < -0.3 is 11.1 Å². The smallest absolute Gasteiger partial charge is 0.193 e. The second kappa shape index (κ2) is 4.47. The molecular weight excluding hydrogens is 252 g/mol. The van der Waals surface area contributed by atoms with Gasteiger partial charge in [0.25, 0.3) is 0 Å². The fourth-order valence-corrected chi connectivity index (χ4v) is 1.78. The molecule has 6 heteroatoms. The van der Waals surface area contributed by atoms with Gasteiger partial charge in [0, 0.05) is 0 Å². The number of nitrogens with one attached hydrogen (secondary N) is 1. The molecular formula is C10H10Cl2FN3. The summed E-state index contributed by atoms with van der Waals surface area (Å²) >= 11 is 11.7. The van der Waals surface area contributed by atoms with Crippen LogP contribution in [-0.4, -0.2) is 12.0 Å². The van der Waals surface area contributed by atoms with Gasteiger partial charge in [0.1, 0.15) is 5.82 Å². The summed E-state index contributed by atoms with van der Waals surface area (Å²) in [5, 5.41) is 3.13. The summed E-state index contributed by atoms with van der Waals surface area (Å²) in [7, 11) is 0. The lowest BCUT2D eigenvalue weighted by Crippen LogP contribution is -2.23. The molecule has 0 aliphatic heterocycles. The number of benzene rings is 1. The highest BCUT2D eigenvalue weighted by Gasteiger charge is 2.20. The quantitative estimate of drug-likeness (QED) is 0.635. The molecule has 1 aliphatic carbocycles. The van der Waals surface area contributed by atoms with Crippen LogP contribution in [0.3, 0.4) is 0 Å². The standard InChI is InChI=1S/C10H10Cl2FN3/c11-7-3-5(13)4-8(12)9(7)16-10(14)15-6-1-2-6/h3-4,6H,1-2H2,(H3,14,15,16). The van der Waals surface area contributed by atoms with Crippen molar-refractivity contribution in [3.8, 4) is 0 Å². The fraction of sp³-hybridized carbons (Fsp3) is 0.300. The molecule has 0 radical (unpaired) electrons. The second-order valence-electron chi connectivity index (χ2n) is 3.61. The number of aliphatic imine (C=N–C) groups is 1. The van der Waals surface area contributed by atoms with E-state index in [4.69, 9.17) is 28.9 Å². The van der Waals surface area contributed by atoms with Gasteiger partial charge in [0.15, 0.2) is 5.96 Å². The molecule has 1 saturated carbocycles. The molecule has 2 rings (SSSR count). The lowest BCUT2D eigenvalue weighted by atomic mass is 10.3. The van der Waals surface area contributed by atoms with Crippen LogP contribution in [0.4, 0.5) is 10.1 Å². The third-order valence-electron chi connectivity index (χ3n) is 2.13. The van der Waals surface area contributed by atoms with E-state index in [2.05, 4.69) is 10.3 Å². The van der Waals surface area contributed by atoms with Crippen molar-refractivity contribution in [3.63, 3.8) is 0 Å². The summed E-state index contributed by atoms with van der Waals surface area (Å²) in [6, 6.07) is 2.63. The average Bonchev–Trinajstić information content (AvgIpc) is 2.95. The Kier molecular flexibility index (Phi) is 3.21. The van der Waals surface area contributed by atoms with E-state index >= 15 is 0 Å². The fourth-order valence-electron chi connectivity index (χ4n) is 1.22. The lowest BCUT2D eigenvalue weighted by molar-refractivity contribution is 0.628. The van der Waals surface area contributed by atoms with Crippen LogP contribution in [0, 0.1) is 5.82 Å². The monoisotopic (exact) mass is 261 g/mol. The van der Waals surface area contributed by atoms with Crippen LogP contribution in [0.15, 0.2) is 17.1 Å². The number of nitrogens with zero attached hydrogens (tertiary/aromatic N) is 1. The summed E-state index contributed by atoms with van der Waals surface area (Å²) in [6.45, 7) is 0. The van der Waals surface area contributed by atoms with E-state index < -0.39 is 5.82 Å². The summed E-state index contributed by atoms with van der Waals surface area (Å²) in [5.41, 5.74) is 6.03. The van der Waals surface area contributed by atoms with Crippen molar-refractivity contribution in [1.82, 2.24) is 0 Å². The van der Waals surface area contributed by atoms with Gasteiger partial charge in [-0.15, -0.1) is 0 Å². The number of rotatable bonds is 2. The van der Waals surface area contributed by atoms with Crippen LogP contribution in [0.5, 0.6) is 0 Å². The number of nitrogens with two attached hydrogens (primary N) is 1. The maximum atomic E-state index is 12.9. The molecule has 16 heavy (non-hydrogen) atoms. The largest absolute Gasteiger partial charge is 0.370 e. The zero-order valence-corrected chi connectivity index (χ0v) is 9.82. The van der Waals surface area contributed by atoms with Gasteiger partial charge in [-0.3, -0.25) is 0 Å². The van der Waals surface area contributed by atoms with Gasteiger partial charge in [0.2, 0.25) is 0 Å². The van der Waals surface area contributed by atoms with Crippen LogP contribution in [0.2, 0.25) is 10.0 Å².